The second-order valence-corrected chi connectivity index (χ2v) is 13.6. The number of hydrogen-bond acceptors (Lipinski definition) is 9. The van der Waals surface area contributed by atoms with Crippen LogP contribution in [-0.2, 0) is 0 Å². The number of benzene rings is 2. The molecule has 0 saturated carbocycles. The standard InChI is InChI=1S/C36H39N7O4S/c1-5-39-36(3,4)19-23(20-37)34(45)42-17-9-10-24(21-42)40-32(44)31-30-29-28(15-16-38-33(29)48-31)43(35(46)41-30)27-14-13-26(18-22(27)2)47-25-11-7-6-8-12-25/h6-8,11-16,18-19,24,34,39,45H,5,9-10,17,21H2,1-4H3,(H,40,44)(H,41,46)/b23-19+/t24-,34-/m1/s1. The molecular weight excluding hydrogens is 627 g/mol. The van der Waals surface area contributed by atoms with Gasteiger partial charge in [0.2, 0.25) is 0 Å². The van der Waals surface area contributed by atoms with Crippen molar-refractivity contribution in [2.75, 3.05) is 29.9 Å². The number of para-hydroxylation sites is 1. The number of carbonyl (C=O) groups is 2. The molecule has 6 rings (SSSR count). The number of urea groups is 1. The predicted molar refractivity (Wildman–Crippen MR) is 188 cm³/mol. The zero-order valence-corrected chi connectivity index (χ0v) is 28.2. The highest BCUT2D eigenvalue weighted by Crippen LogP contribution is 2.46. The van der Waals surface area contributed by atoms with Crippen molar-refractivity contribution in [2.24, 2.45) is 0 Å². The lowest BCUT2D eigenvalue weighted by molar-refractivity contribution is 0.0127. The number of carbonyl (C=O) groups excluding carboxylic acids is 2. The number of hydrogen-bond donors (Lipinski definition) is 4. The van der Waals surface area contributed by atoms with E-state index in [4.69, 9.17) is 4.74 Å². The van der Waals surface area contributed by atoms with Crippen molar-refractivity contribution in [2.45, 2.75) is 58.3 Å². The molecule has 2 aliphatic rings. The zero-order chi connectivity index (χ0) is 34.0. The van der Waals surface area contributed by atoms with Crippen LogP contribution in [0.1, 0.15) is 48.8 Å². The molecule has 12 heteroatoms. The van der Waals surface area contributed by atoms with Gasteiger partial charge in [0, 0.05) is 30.9 Å². The number of thiophene rings is 1. The molecule has 2 aromatic heterocycles. The third kappa shape index (κ3) is 6.77. The third-order valence-corrected chi connectivity index (χ3v) is 9.63. The number of aliphatic hydroxyl groups is 1. The lowest BCUT2D eigenvalue weighted by Gasteiger charge is -2.36. The van der Waals surface area contributed by atoms with Crippen LogP contribution in [-0.4, -0.2) is 64.4 Å². The summed E-state index contributed by atoms with van der Waals surface area (Å²) in [7, 11) is 0. The van der Waals surface area contributed by atoms with Crippen molar-refractivity contribution >= 4 is 50.6 Å². The number of amides is 3. The molecule has 248 valence electrons. The highest BCUT2D eigenvalue weighted by atomic mass is 32.1. The van der Waals surface area contributed by atoms with Gasteiger partial charge in [0.25, 0.3) is 5.91 Å². The molecule has 0 aliphatic carbocycles. The summed E-state index contributed by atoms with van der Waals surface area (Å²) in [6.07, 6.45) is 3.78. The lowest BCUT2D eigenvalue weighted by atomic mass is 9.99. The van der Waals surface area contributed by atoms with Crippen LogP contribution in [0.4, 0.5) is 21.9 Å². The number of aryl methyl sites for hydroxylation is 1. The Morgan fingerprint density at radius 2 is 2.02 bits per heavy atom. The number of piperidine rings is 1. The maximum Gasteiger partial charge on any atom is 0.331 e. The molecular formula is C36H39N7O4S. The van der Waals surface area contributed by atoms with Crippen molar-refractivity contribution in [3.8, 4) is 17.6 Å². The molecule has 2 aromatic carbocycles. The fourth-order valence-electron chi connectivity index (χ4n) is 6.40. The number of aliphatic hydroxyl groups excluding tert-OH is 1. The number of nitrogens with one attached hydrogen (secondary N) is 3. The highest BCUT2D eigenvalue weighted by molar-refractivity contribution is 7.21. The van der Waals surface area contributed by atoms with Crippen LogP contribution in [0.15, 0.2) is 72.4 Å². The summed E-state index contributed by atoms with van der Waals surface area (Å²) >= 11 is 1.23. The maximum atomic E-state index is 13.8. The minimum absolute atomic E-state index is 0.262. The summed E-state index contributed by atoms with van der Waals surface area (Å²) in [6, 6.07) is 18.4. The van der Waals surface area contributed by atoms with Crippen LogP contribution < -0.4 is 25.6 Å². The maximum absolute atomic E-state index is 13.8. The van der Waals surface area contributed by atoms with E-state index >= 15 is 0 Å². The Balaban J connectivity index is 1.22. The summed E-state index contributed by atoms with van der Waals surface area (Å²) in [5, 5.41) is 31.0. The summed E-state index contributed by atoms with van der Waals surface area (Å²) in [4.78, 5) is 36.4. The van der Waals surface area contributed by atoms with Crippen LogP contribution >= 0.6 is 11.3 Å². The molecule has 48 heavy (non-hydrogen) atoms. The molecule has 3 amide bonds. The number of likely N-dealkylation sites (tertiary alicyclic amines) is 1. The second kappa shape index (κ2) is 13.7. The normalized spacial score (nSPS) is 17.5. The van der Waals surface area contributed by atoms with E-state index < -0.39 is 11.8 Å². The molecule has 11 nitrogen and oxygen atoms in total. The van der Waals surface area contributed by atoms with Gasteiger partial charge in [-0.1, -0.05) is 25.1 Å². The quantitative estimate of drug-likeness (QED) is 0.142. The highest BCUT2D eigenvalue weighted by Gasteiger charge is 2.35. The van der Waals surface area contributed by atoms with Crippen molar-refractivity contribution in [1.29, 1.82) is 5.26 Å². The Hall–Kier alpha value is -4.80. The summed E-state index contributed by atoms with van der Waals surface area (Å²) in [6.45, 7) is 9.51. The number of likely N-dealkylation sites (N-methyl/N-ethyl adjacent to an activating group) is 1. The van der Waals surface area contributed by atoms with Gasteiger partial charge in [0.1, 0.15) is 27.4 Å². The van der Waals surface area contributed by atoms with Gasteiger partial charge in [0.05, 0.1) is 34.1 Å². The van der Waals surface area contributed by atoms with E-state index in [1.54, 1.807) is 23.2 Å². The largest absolute Gasteiger partial charge is 0.457 e. The van der Waals surface area contributed by atoms with Crippen molar-refractivity contribution in [3.63, 3.8) is 0 Å². The number of aromatic nitrogens is 1. The van der Waals surface area contributed by atoms with E-state index in [9.17, 15) is 20.0 Å². The van der Waals surface area contributed by atoms with Crippen molar-refractivity contribution < 1.29 is 19.4 Å². The van der Waals surface area contributed by atoms with Gasteiger partial charge in [-0.2, -0.15) is 5.26 Å². The van der Waals surface area contributed by atoms with Crippen LogP contribution in [0, 0.1) is 18.3 Å². The van der Waals surface area contributed by atoms with Gasteiger partial charge in [-0.25, -0.2) is 9.78 Å². The first-order valence-electron chi connectivity index (χ1n) is 16.1. The molecule has 0 spiro atoms. The second-order valence-electron chi connectivity index (χ2n) is 12.6. The number of nitriles is 1. The zero-order valence-electron chi connectivity index (χ0n) is 27.4. The van der Waals surface area contributed by atoms with E-state index in [-0.39, 0.29) is 23.6 Å². The van der Waals surface area contributed by atoms with Gasteiger partial charge in [-0.3, -0.25) is 14.6 Å². The molecule has 1 saturated heterocycles. The van der Waals surface area contributed by atoms with Crippen molar-refractivity contribution in [3.05, 3.63) is 82.9 Å². The van der Waals surface area contributed by atoms with Gasteiger partial charge in [-0.15, -0.1) is 11.3 Å². The Morgan fingerprint density at radius 3 is 2.75 bits per heavy atom. The summed E-state index contributed by atoms with van der Waals surface area (Å²) < 4.78 is 5.99. The summed E-state index contributed by atoms with van der Waals surface area (Å²) in [5.41, 5.74) is 2.40. The average molecular weight is 666 g/mol. The fraction of sp³-hybridized carbons (Fsp3) is 0.333. The predicted octanol–water partition coefficient (Wildman–Crippen LogP) is 6.43. The molecule has 2 atom stereocenters. The van der Waals surface area contributed by atoms with Gasteiger partial charge in [-0.05, 0) is 88.2 Å². The first-order chi connectivity index (χ1) is 23.1. The first kappa shape index (κ1) is 33.1. The van der Waals surface area contributed by atoms with Crippen LogP contribution in [0.5, 0.6) is 11.5 Å². The number of ether oxygens (including phenoxy) is 1. The van der Waals surface area contributed by atoms with E-state index in [0.29, 0.717) is 51.0 Å². The molecule has 0 unspecified atom stereocenters. The van der Waals surface area contributed by atoms with Gasteiger partial charge < -0.3 is 25.8 Å². The first-order valence-corrected chi connectivity index (χ1v) is 16.9. The summed E-state index contributed by atoms with van der Waals surface area (Å²) in [5.74, 6) is 1.05. The number of pyridine rings is 1. The Morgan fingerprint density at radius 1 is 1.23 bits per heavy atom. The molecule has 2 aliphatic heterocycles. The number of anilines is 3. The van der Waals surface area contributed by atoms with Crippen LogP contribution in [0.2, 0.25) is 0 Å². The number of nitrogens with zero attached hydrogens (tertiary/aromatic N) is 4. The van der Waals surface area contributed by atoms with E-state index in [1.165, 1.54) is 11.3 Å². The Labute approximate surface area is 283 Å². The minimum atomic E-state index is -1.09. The van der Waals surface area contributed by atoms with Gasteiger partial charge >= 0.3 is 6.03 Å². The van der Waals surface area contributed by atoms with Crippen LogP contribution in [0.25, 0.3) is 10.2 Å². The van der Waals surface area contributed by atoms with Crippen LogP contribution in [0.3, 0.4) is 0 Å². The molecule has 0 radical (unpaired) electrons. The van der Waals surface area contributed by atoms with E-state index in [0.717, 1.165) is 30.7 Å². The monoisotopic (exact) mass is 665 g/mol. The average Bonchev–Trinajstić information content (AvgIpc) is 3.44. The molecule has 1 fully saturated rings. The fourth-order valence-corrected chi connectivity index (χ4v) is 7.43. The van der Waals surface area contributed by atoms with Crippen molar-refractivity contribution in [1.82, 2.24) is 20.5 Å². The third-order valence-electron chi connectivity index (χ3n) is 8.53. The number of rotatable bonds is 10. The Kier molecular flexibility index (Phi) is 9.48. The minimum Gasteiger partial charge on any atom is -0.457 e. The van der Waals surface area contributed by atoms with Gasteiger partial charge in [0.15, 0.2) is 0 Å². The molecule has 4 aromatic rings. The topological polar surface area (TPSA) is 143 Å². The Bertz CT molecular complexity index is 1920. The SMILES string of the molecule is CCNC(C)(C)/C=C(\C#N)[C@@H](O)N1CCC[C@@H](NC(=O)c2sc3nccc4c3c2NC(=O)N4c2ccc(Oc3ccccc3)cc2C)C1. The lowest BCUT2D eigenvalue weighted by Crippen LogP contribution is -2.51. The molecule has 4 heterocycles. The molecule has 4 N–H and O–H groups in total. The van der Waals surface area contributed by atoms with E-state index in [1.807, 2.05) is 81.1 Å². The molecule has 0 bridgehead atoms. The van der Waals surface area contributed by atoms with E-state index in [2.05, 4.69) is 27.0 Å². The smallest absolute Gasteiger partial charge is 0.331 e.